The molecular weight excluding hydrogens is 343 g/mol. The average molecular weight is 369 g/mol. The first kappa shape index (κ1) is 18.0. The molecule has 5 heteroatoms. The number of benzene rings is 1. The Hall–Kier alpha value is -0.770. The van der Waals surface area contributed by atoms with E-state index in [4.69, 9.17) is 23.2 Å². The van der Waals surface area contributed by atoms with Crippen molar-refractivity contribution < 1.29 is 4.79 Å². The number of hydrogen-bond donors (Lipinski definition) is 0. The highest BCUT2D eigenvalue weighted by Crippen LogP contribution is 2.26. The van der Waals surface area contributed by atoms with Crippen molar-refractivity contribution in [3.63, 3.8) is 0 Å². The molecule has 24 heavy (non-hydrogen) atoms. The minimum absolute atomic E-state index is 0.142. The van der Waals surface area contributed by atoms with Crippen LogP contribution >= 0.6 is 23.2 Å². The van der Waals surface area contributed by atoms with Gasteiger partial charge in [-0.2, -0.15) is 0 Å². The van der Waals surface area contributed by atoms with E-state index < -0.39 is 0 Å². The zero-order chi connectivity index (χ0) is 16.9. The lowest BCUT2D eigenvalue weighted by molar-refractivity contribution is -0.137. The molecule has 0 bridgehead atoms. The van der Waals surface area contributed by atoms with Crippen LogP contribution in [0.5, 0.6) is 0 Å². The molecule has 1 aromatic carbocycles. The van der Waals surface area contributed by atoms with Crippen molar-refractivity contribution in [3.8, 4) is 0 Å². The minimum Gasteiger partial charge on any atom is -0.342 e. The van der Waals surface area contributed by atoms with Crippen molar-refractivity contribution in [1.82, 2.24) is 9.80 Å². The summed E-state index contributed by atoms with van der Waals surface area (Å²) in [6, 6.07) is 5.67. The number of hydrogen-bond acceptors (Lipinski definition) is 2. The lowest BCUT2D eigenvalue weighted by Gasteiger charge is -2.35. The molecule has 2 aliphatic heterocycles. The first-order chi connectivity index (χ1) is 11.6. The molecule has 0 aromatic heterocycles. The lowest BCUT2D eigenvalue weighted by atomic mass is 9.96. The molecule has 0 spiro atoms. The largest absolute Gasteiger partial charge is 0.342 e. The molecule has 2 saturated heterocycles. The third kappa shape index (κ3) is 4.65. The maximum absolute atomic E-state index is 12.9. The van der Waals surface area contributed by atoms with Crippen molar-refractivity contribution in [2.75, 3.05) is 26.2 Å². The molecule has 3 rings (SSSR count). The van der Waals surface area contributed by atoms with Gasteiger partial charge in [0.05, 0.1) is 5.92 Å². The Bertz CT molecular complexity index is 570. The van der Waals surface area contributed by atoms with Crippen molar-refractivity contribution in [2.45, 2.75) is 45.1 Å². The molecule has 2 fully saturated rings. The van der Waals surface area contributed by atoms with E-state index in [9.17, 15) is 4.79 Å². The molecule has 1 atom stereocenters. The number of carbonyl (C=O) groups excluding carboxylic acids is 1. The summed E-state index contributed by atoms with van der Waals surface area (Å²) in [5.41, 5.74) is 1.09. The lowest BCUT2D eigenvalue weighted by Crippen LogP contribution is -2.44. The maximum Gasteiger partial charge on any atom is 0.226 e. The fourth-order valence-electron chi connectivity index (χ4n) is 3.84. The summed E-state index contributed by atoms with van der Waals surface area (Å²) >= 11 is 12.3. The van der Waals surface area contributed by atoms with Gasteiger partial charge in [-0.05, 0) is 49.9 Å². The number of halogens is 2. The van der Waals surface area contributed by atoms with Crippen molar-refractivity contribution in [1.29, 1.82) is 0 Å². The molecule has 0 saturated carbocycles. The summed E-state index contributed by atoms with van der Waals surface area (Å²) in [7, 11) is 0. The van der Waals surface area contributed by atoms with Gasteiger partial charge < -0.3 is 4.90 Å². The van der Waals surface area contributed by atoms with Gasteiger partial charge >= 0.3 is 0 Å². The van der Waals surface area contributed by atoms with Gasteiger partial charge in [-0.1, -0.05) is 42.1 Å². The topological polar surface area (TPSA) is 23.6 Å². The van der Waals surface area contributed by atoms with E-state index in [1.165, 1.54) is 12.8 Å². The van der Waals surface area contributed by atoms with Crippen LogP contribution in [0.4, 0.5) is 0 Å². The first-order valence-corrected chi connectivity index (χ1v) is 9.84. The maximum atomic E-state index is 12.9. The molecule has 0 radical (unpaired) electrons. The molecule has 1 aromatic rings. The van der Waals surface area contributed by atoms with Crippen molar-refractivity contribution in [2.24, 2.45) is 5.92 Å². The second-order valence-corrected chi connectivity index (χ2v) is 7.89. The summed E-state index contributed by atoms with van der Waals surface area (Å²) in [6.45, 7) is 4.55. The number of piperidine rings is 1. The highest BCUT2D eigenvalue weighted by atomic mass is 35.5. The van der Waals surface area contributed by atoms with Crippen LogP contribution in [-0.2, 0) is 11.3 Å². The summed E-state index contributed by atoms with van der Waals surface area (Å²) < 4.78 is 0. The molecule has 132 valence electrons. The van der Waals surface area contributed by atoms with Crippen LogP contribution in [0.3, 0.4) is 0 Å². The van der Waals surface area contributed by atoms with Crippen LogP contribution in [0.25, 0.3) is 0 Å². The number of nitrogens with zero attached hydrogens (tertiary/aromatic N) is 2. The summed E-state index contributed by atoms with van der Waals surface area (Å²) in [6.07, 6.45) is 6.92. The van der Waals surface area contributed by atoms with E-state index in [1.807, 2.05) is 12.1 Å². The summed E-state index contributed by atoms with van der Waals surface area (Å²) in [4.78, 5) is 17.3. The van der Waals surface area contributed by atoms with Gasteiger partial charge in [-0.15, -0.1) is 0 Å². The Morgan fingerprint density at radius 3 is 2.50 bits per heavy atom. The predicted molar refractivity (Wildman–Crippen MR) is 99.5 cm³/mol. The van der Waals surface area contributed by atoms with E-state index in [0.717, 1.165) is 64.0 Å². The van der Waals surface area contributed by atoms with Gasteiger partial charge in [0.25, 0.3) is 0 Å². The Balaban J connectivity index is 1.60. The number of likely N-dealkylation sites (tertiary alicyclic amines) is 2. The molecule has 0 N–H and O–H groups in total. The number of carbonyl (C=O) groups is 1. The fraction of sp³-hybridized carbons (Fsp3) is 0.632. The van der Waals surface area contributed by atoms with Gasteiger partial charge in [0.1, 0.15) is 0 Å². The van der Waals surface area contributed by atoms with Crippen LogP contribution in [-0.4, -0.2) is 41.9 Å². The van der Waals surface area contributed by atoms with Crippen LogP contribution in [0.1, 0.15) is 44.1 Å². The smallest absolute Gasteiger partial charge is 0.226 e. The third-order valence-corrected chi connectivity index (χ3v) is 5.77. The molecule has 0 aliphatic carbocycles. The summed E-state index contributed by atoms with van der Waals surface area (Å²) in [5.74, 6) is 0.506. The highest BCUT2D eigenvalue weighted by molar-refractivity contribution is 6.35. The standard InChI is InChI=1S/C19H26Cl2N2O/c20-17-8-7-15(18(21)12-17)13-22-9-5-6-16(14-22)19(24)23-10-3-1-2-4-11-23/h7-8,12,16H,1-6,9-11,13-14H2. The van der Waals surface area contributed by atoms with Crippen molar-refractivity contribution >= 4 is 29.1 Å². The Morgan fingerprint density at radius 2 is 1.79 bits per heavy atom. The van der Waals surface area contributed by atoms with Crippen LogP contribution in [0.15, 0.2) is 18.2 Å². The van der Waals surface area contributed by atoms with E-state index in [2.05, 4.69) is 9.80 Å². The molecule has 2 heterocycles. The second-order valence-electron chi connectivity index (χ2n) is 7.05. The monoisotopic (exact) mass is 368 g/mol. The fourth-order valence-corrected chi connectivity index (χ4v) is 4.31. The zero-order valence-electron chi connectivity index (χ0n) is 14.1. The van der Waals surface area contributed by atoms with E-state index in [-0.39, 0.29) is 5.92 Å². The minimum atomic E-state index is 0.142. The Kier molecular flexibility index (Phi) is 6.43. The van der Waals surface area contributed by atoms with E-state index in [1.54, 1.807) is 6.07 Å². The van der Waals surface area contributed by atoms with Gasteiger partial charge in [-0.25, -0.2) is 0 Å². The van der Waals surface area contributed by atoms with Gasteiger partial charge in [0, 0.05) is 36.2 Å². The first-order valence-electron chi connectivity index (χ1n) is 9.08. The highest BCUT2D eigenvalue weighted by Gasteiger charge is 2.29. The van der Waals surface area contributed by atoms with E-state index >= 15 is 0 Å². The average Bonchev–Trinajstić information content (AvgIpc) is 2.86. The molecule has 1 amide bonds. The second kappa shape index (κ2) is 8.55. The Morgan fingerprint density at radius 1 is 1.04 bits per heavy atom. The van der Waals surface area contributed by atoms with Gasteiger partial charge in [-0.3, -0.25) is 9.69 Å². The normalized spacial score (nSPS) is 23.1. The quantitative estimate of drug-likeness (QED) is 0.777. The third-order valence-electron chi connectivity index (χ3n) is 5.18. The molecule has 3 nitrogen and oxygen atoms in total. The molecule has 1 unspecified atom stereocenters. The SMILES string of the molecule is O=C(C1CCCN(Cc2ccc(Cl)cc2Cl)C1)N1CCCCCC1. The molecular formula is C19H26Cl2N2O. The number of amides is 1. The zero-order valence-corrected chi connectivity index (χ0v) is 15.7. The van der Waals surface area contributed by atoms with E-state index in [0.29, 0.717) is 16.0 Å². The Labute approximate surface area is 154 Å². The number of rotatable bonds is 3. The summed E-state index contributed by atoms with van der Waals surface area (Å²) in [5, 5.41) is 1.38. The predicted octanol–water partition coefficient (Wildman–Crippen LogP) is 4.61. The van der Waals surface area contributed by atoms with Crippen LogP contribution < -0.4 is 0 Å². The van der Waals surface area contributed by atoms with Crippen LogP contribution in [0.2, 0.25) is 10.0 Å². The van der Waals surface area contributed by atoms with Gasteiger partial charge in [0.2, 0.25) is 5.91 Å². The van der Waals surface area contributed by atoms with Crippen LogP contribution in [0, 0.1) is 5.92 Å². The van der Waals surface area contributed by atoms with Gasteiger partial charge in [0.15, 0.2) is 0 Å². The van der Waals surface area contributed by atoms with Crippen molar-refractivity contribution in [3.05, 3.63) is 33.8 Å². The molecule has 2 aliphatic rings.